The summed E-state index contributed by atoms with van der Waals surface area (Å²) in [7, 11) is -1.43. The molecule has 0 aliphatic carbocycles. The van der Waals surface area contributed by atoms with E-state index in [0.717, 1.165) is 5.56 Å². The quantitative estimate of drug-likeness (QED) is 0.325. The molecule has 4 nitrogen and oxygen atoms in total. The number of hydrogen-bond donors (Lipinski definition) is 0. The van der Waals surface area contributed by atoms with Crippen LogP contribution in [0.5, 0.6) is 0 Å². The van der Waals surface area contributed by atoms with Crippen LogP contribution in [0.4, 0.5) is 5.69 Å². The third-order valence-corrected chi connectivity index (χ3v) is 2.71. The Labute approximate surface area is 95.9 Å². The average Bonchev–Trinajstić information content (AvgIpc) is 2.14. The minimum absolute atomic E-state index is 0.0102. The fourth-order valence-corrected chi connectivity index (χ4v) is 1.53. The monoisotopic (exact) mass is 234 g/mol. The Morgan fingerprint density at radius 2 is 2.06 bits per heavy atom. The molecule has 0 aromatic carbocycles. The summed E-state index contributed by atoms with van der Waals surface area (Å²) >= 11 is 0. The topological polar surface area (TPSA) is 56.0 Å². The summed E-state index contributed by atoms with van der Waals surface area (Å²) in [6.07, 6.45) is 1.25. The molecule has 84 valence electrons. The highest BCUT2D eigenvalue weighted by Crippen LogP contribution is 2.13. The molecular weight excluding hydrogens is 220 g/mol. The Morgan fingerprint density at radius 1 is 1.44 bits per heavy atom. The van der Waals surface area contributed by atoms with Crippen molar-refractivity contribution in [2.75, 3.05) is 0 Å². The average molecular weight is 234 g/mol. The van der Waals surface area contributed by atoms with E-state index in [9.17, 15) is 10.1 Å². The predicted molar refractivity (Wildman–Crippen MR) is 65.9 cm³/mol. The summed E-state index contributed by atoms with van der Waals surface area (Å²) in [5.74, 6) is 3.00. The van der Waals surface area contributed by atoms with Crippen molar-refractivity contribution in [2.24, 2.45) is 0 Å². The minimum atomic E-state index is -1.43. The third kappa shape index (κ3) is 3.48. The molecule has 0 atom stereocenters. The first kappa shape index (κ1) is 12.4. The Hall–Kier alpha value is -1.67. The second-order valence-corrected chi connectivity index (χ2v) is 9.37. The van der Waals surface area contributed by atoms with E-state index in [1.54, 1.807) is 6.92 Å². The number of nitrogens with zero attached hydrogens (tertiary/aromatic N) is 2. The van der Waals surface area contributed by atoms with Gasteiger partial charge < -0.3 is 0 Å². The van der Waals surface area contributed by atoms with Gasteiger partial charge >= 0.3 is 0 Å². The summed E-state index contributed by atoms with van der Waals surface area (Å²) in [4.78, 5) is 14.1. The molecule has 0 saturated carbocycles. The van der Waals surface area contributed by atoms with Crippen LogP contribution >= 0.6 is 0 Å². The molecule has 0 fully saturated rings. The maximum Gasteiger partial charge on any atom is 0.287 e. The minimum Gasteiger partial charge on any atom is -0.258 e. The predicted octanol–water partition coefficient (Wildman–Crippen LogP) is 2.53. The number of nitro groups is 1. The zero-order valence-corrected chi connectivity index (χ0v) is 10.9. The van der Waals surface area contributed by atoms with Crippen LogP contribution in [0.2, 0.25) is 19.6 Å². The van der Waals surface area contributed by atoms with Crippen LogP contribution in [0.1, 0.15) is 11.3 Å². The lowest BCUT2D eigenvalue weighted by molar-refractivity contribution is -0.385. The Kier molecular flexibility index (Phi) is 3.45. The zero-order chi connectivity index (χ0) is 12.3. The molecule has 0 bridgehead atoms. The number of hydrogen-bond acceptors (Lipinski definition) is 3. The Morgan fingerprint density at radius 3 is 2.50 bits per heavy atom. The second-order valence-electron chi connectivity index (χ2n) is 4.62. The molecule has 0 unspecified atom stereocenters. The molecule has 0 saturated heterocycles. The van der Waals surface area contributed by atoms with Gasteiger partial charge in [0, 0.05) is 6.07 Å². The van der Waals surface area contributed by atoms with Crippen molar-refractivity contribution in [3.8, 4) is 11.5 Å². The van der Waals surface area contributed by atoms with Gasteiger partial charge in [-0.2, -0.15) is 0 Å². The molecule has 0 N–H and O–H groups in total. The van der Waals surface area contributed by atoms with Crippen molar-refractivity contribution in [1.82, 2.24) is 4.98 Å². The second kappa shape index (κ2) is 4.45. The summed E-state index contributed by atoms with van der Waals surface area (Å²) in [5, 5.41) is 10.5. The SMILES string of the molecule is Cc1cc([N+](=O)[O-])cnc1C#C[Si](C)(C)C. The molecular formula is C11H14N2O2Si. The van der Waals surface area contributed by atoms with Crippen molar-refractivity contribution >= 4 is 13.8 Å². The van der Waals surface area contributed by atoms with E-state index in [1.165, 1.54) is 12.3 Å². The molecule has 0 amide bonds. The van der Waals surface area contributed by atoms with E-state index in [4.69, 9.17) is 0 Å². The van der Waals surface area contributed by atoms with Crippen molar-refractivity contribution < 1.29 is 4.92 Å². The first-order valence-electron chi connectivity index (χ1n) is 4.94. The molecule has 0 aliphatic heterocycles. The van der Waals surface area contributed by atoms with Gasteiger partial charge in [0.25, 0.3) is 5.69 Å². The zero-order valence-electron chi connectivity index (χ0n) is 9.87. The van der Waals surface area contributed by atoms with Crippen LogP contribution < -0.4 is 0 Å². The van der Waals surface area contributed by atoms with Gasteiger partial charge in [-0.3, -0.25) is 10.1 Å². The number of pyridine rings is 1. The van der Waals surface area contributed by atoms with E-state index in [2.05, 4.69) is 36.1 Å². The maximum absolute atomic E-state index is 10.5. The largest absolute Gasteiger partial charge is 0.287 e. The van der Waals surface area contributed by atoms with Crippen LogP contribution in [0.3, 0.4) is 0 Å². The molecule has 1 aromatic heterocycles. The summed E-state index contributed by atoms with van der Waals surface area (Å²) < 4.78 is 0. The Balaban J connectivity index is 3.08. The smallest absolute Gasteiger partial charge is 0.258 e. The molecule has 1 rings (SSSR count). The lowest BCUT2D eigenvalue weighted by Crippen LogP contribution is -2.16. The van der Waals surface area contributed by atoms with Crippen LogP contribution in [-0.4, -0.2) is 18.0 Å². The highest BCUT2D eigenvalue weighted by molar-refractivity contribution is 6.83. The van der Waals surface area contributed by atoms with Crippen molar-refractivity contribution in [1.29, 1.82) is 0 Å². The van der Waals surface area contributed by atoms with Crippen LogP contribution in [0.25, 0.3) is 0 Å². The fourth-order valence-electron chi connectivity index (χ4n) is 1.04. The maximum atomic E-state index is 10.5. The summed E-state index contributed by atoms with van der Waals surface area (Å²) in [6.45, 7) is 8.20. The van der Waals surface area contributed by atoms with Crippen molar-refractivity contribution in [2.45, 2.75) is 26.6 Å². The van der Waals surface area contributed by atoms with Gasteiger partial charge in [-0.1, -0.05) is 25.6 Å². The van der Waals surface area contributed by atoms with Gasteiger partial charge in [-0.05, 0) is 12.5 Å². The molecule has 5 heteroatoms. The first-order chi connectivity index (χ1) is 7.29. The van der Waals surface area contributed by atoms with Gasteiger partial charge in [-0.15, -0.1) is 5.54 Å². The van der Waals surface area contributed by atoms with Crippen LogP contribution in [-0.2, 0) is 0 Å². The normalized spacial score (nSPS) is 10.5. The molecule has 0 spiro atoms. The number of aryl methyl sites for hydroxylation is 1. The Bertz CT molecular complexity index is 481. The first-order valence-corrected chi connectivity index (χ1v) is 8.44. The molecule has 1 aromatic rings. The van der Waals surface area contributed by atoms with Crippen LogP contribution in [0.15, 0.2) is 12.3 Å². The van der Waals surface area contributed by atoms with E-state index < -0.39 is 13.0 Å². The standard InChI is InChI=1S/C11H14N2O2Si/c1-9-7-10(13(14)15)8-12-11(9)5-6-16(2,3)4/h7-8H,1-4H3. The third-order valence-electron chi connectivity index (χ3n) is 1.83. The highest BCUT2D eigenvalue weighted by Gasteiger charge is 2.10. The summed E-state index contributed by atoms with van der Waals surface area (Å²) in [6, 6.07) is 1.50. The van der Waals surface area contributed by atoms with E-state index in [1.807, 2.05) is 0 Å². The fraction of sp³-hybridized carbons (Fsp3) is 0.364. The van der Waals surface area contributed by atoms with Crippen LogP contribution in [0, 0.1) is 28.5 Å². The van der Waals surface area contributed by atoms with Gasteiger partial charge in [0.2, 0.25) is 0 Å². The van der Waals surface area contributed by atoms with Gasteiger partial charge in [-0.25, -0.2) is 4.98 Å². The van der Waals surface area contributed by atoms with Gasteiger partial charge in [0.05, 0.1) is 4.92 Å². The lowest BCUT2D eigenvalue weighted by Gasteiger charge is -2.03. The molecule has 0 radical (unpaired) electrons. The van der Waals surface area contributed by atoms with Gasteiger partial charge in [0.15, 0.2) is 0 Å². The van der Waals surface area contributed by atoms with Crippen molar-refractivity contribution in [3.63, 3.8) is 0 Å². The van der Waals surface area contributed by atoms with E-state index in [-0.39, 0.29) is 5.69 Å². The van der Waals surface area contributed by atoms with Gasteiger partial charge in [0.1, 0.15) is 20.0 Å². The van der Waals surface area contributed by atoms with E-state index in [0.29, 0.717) is 5.69 Å². The molecule has 1 heterocycles. The van der Waals surface area contributed by atoms with E-state index >= 15 is 0 Å². The molecule has 16 heavy (non-hydrogen) atoms. The lowest BCUT2D eigenvalue weighted by atomic mass is 10.2. The summed E-state index contributed by atoms with van der Waals surface area (Å²) in [5.41, 5.74) is 4.58. The number of aromatic nitrogens is 1. The number of rotatable bonds is 1. The molecule has 0 aliphatic rings. The van der Waals surface area contributed by atoms with Crippen molar-refractivity contribution in [3.05, 3.63) is 33.6 Å². The highest BCUT2D eigenvalue weighted by atomic mass is 28.3.